The van der Waals surface area contributed by atoms with E-state index < -0.39 is 30.1 Å². The summed E-state index contributed by atoms with van der Waals surface area (Å²) in [4.78, 5) is 31.9. The molecule has 196 valence electrons. The quantitative estimate of drug-likeness (QED) is 0.367. The Hall–Kier alpha value is -4.48. The molecule has 1 aliphatic rings. The average molecular weight is 532 g/mol. The van der Waals surface area contributed by atoms with E-state index in [-0.39, 0.29) is 34.3 Å². The monoisotopic (exact) mass is 532 g/mol. The highest BCUT2D eigenvalue weighted by Gasteiger charge is 2.38. The molecule has 4 heterocycles. The van der Waals surface area contributed by atoms with E-state index in [4.69, 9.17) is 0 Å². The van der Waals surface area contributed by atoms with Gasteiger partial charge < -0.3 is 9.72 Å². The predicted molar refractivity (Wildman–Crippen MR) is 119 cm³/mol. The smallest absolute Gasteiger partial charge is 0.432 e. The second-order valence-electron chi connectivity index (χ2n) is 8.65. The molecular formula is C23H17F5N8O2. The molecule has 4 aromatic rings. The number of pyridine rings is 1. The summed E-state index contributed by atoms with van der Waals surface area (Å²) in [5, 5.41) is 13.7. The second-order valence-corrected chi connectivity index (χ2v) is 8.65. The number of nitriles is 1. The summed E-state index contributed by atoms with van der Waals surface area (Å²) in [5.41, 5.74) is -1.40. The van der Waals surface area contributed by atoms with Crippen molar-refractivity contribution >= 4 is 11.0 Å². The van der Waals surface area contributed by atoms with E-state index >= 15 is 0 Å². The van der Waals surface area contributed by atoms with Crippen molar-refractivity contribution in [2.24, 2.45) is 0 Å². The van der Waals surface area contributed by atoms with Crippen LogP contribution < -0.4 is 10.3 Å². The molecule has 0 aliphatic heterocycles. The van der Waals surface area contributed by atoms with E-state index in [0.29, 0.717) is 30.1 Å². The molecule has 0 amide bonds. The van der Waals surface area contributed by atoms with E-state index in [1.54, 1.807) is 6.92 Å². The Bertz CT molecular complexity index is 1580. The van der Waals surface area contributed by atoms with E-state index in [1.807, 2.05) is 6.07 Å². The Morgan fingerprint density at radius 1 is 1.13 bits per heavy atom. The summed E-state index contributed by atoms with van der Waals surface area (Å²) in [7, 11) is 0. The van der Waals surface area contributed by atoms with Crippen LogP contribution in [0.3, 0.4) is 0 Å². The van der Waals surface area contributed by atoms with Gasteiger partial charge in [0.05, 0.1) is 18.4 Å². The molecule has 1 fully saturated rings. The van der Waals surface area contributed by atoms with Crippen molar-refractivity contribution in [3.63, 3.8) is 0 Å². The molecule has 0 saturated heterocycles. The Morgan fingerprint density at radius 2 is 1.84 bits per heavy atom. The van der Waals surface area contributed by atoms with Gasteiger partial charge in [-0.1, -0.05) is 6.07 Å². The third-order valence-corrected chi connectivity index (χ3v) is 6.44. The van der Waals surface area contributed by atoms with Gasteiger partial charge in [-0.05, 0) is 31.4 Å². The zero-order valence-corrected chi connectivity index (χ0v) is 19.4. The molecule has 3 unspecified atom stereocenters. The van der Waals surface area contributed by atoms with Crippen LogP contribution in [0.25, 0.3) is 11.0 Å². The van der Waals surface area contributed by atoms with E-state index in [0.717, 1.165) is 24.7 Å². The minimum atomic E-state index is -4.60. The standard InChI is InChI=1S/C23H17F5N8O2/c1-10(11-2-5-16(30-7-11)23(26,27)28)36-20-17(15(6-29)35-36)21(37)34-19(33-20)14-4-3-13(14)18-31-8-12(9-32-18)38-22(24)25/h2,5,7-10,13-14,22H,3-4H2,1H3,(H,33,34,37). The van der Waals surface area contributed by atoms with Crippen molar-refractivity contribution < 1.29 is 26.7 Å². The molecule has 4 aromatic heterocycles. The van der Waals surface area contributed by atoms with Crippen molar-refractivity contribution in [2.45, 2.75) is 50.4 Å². The van der Waals surface area contributed by atoms with Gasteiger partial charge in [0, 0.05) is 18.0 Å². The summed E-state index contributed by atoms with van der Waals surface area (Å²) < 4.78 is 69.1. The van der Waals surface area contributed by atoms with Crippen LogP contribution in [0.2, 0.25) is 0 Å². The molecule has 0 aromatic carbocycles. The van der Waals surface area contributed by atoms with Crippen molar-refractivity contribution in [1.29, 1.82) is 5.26 Å². The first-order chi connectivity index (χ1) is 18.1. The van der Waals surface area contributed by atoms with Crippen LogP contribution in [0.1, 0.15) is 66.2 Å². The lowest BCUT2D eigenvalue weighted by Crippen LogP contribution is -2.28. The first-order valence-corrected chi connectivity index (χ1v) is 11.3. The van der Waals surface area contributed by atoms with Crippen LogP contribution >= 0.6 is 0 Å². The lowest BCUT2D eigenvalue weighted by Gasteiger charge is -2.34. The third kappa shape index (κ3) is 4.53. The number of halogens is 5. The highest BCUT2D eigenvalue weighted by atomic mass is 19.4. The van der Waals surface area contributed by atoms with E-state index in [1.165, 1.54) is 10.7 Å². The fourth-order valence-electron chi connectivity index (χ4n) is 4.37. The molecule has 0 radical (unpaired) electrons. The number of rotatable bonds is 6. The van der Waals surface area contributed by atoms with Gasteiger partial charge in [-0.2, -0.15) is 32.3 Å². The van der Waals surface area contributed by atoms with Crippen LogP contribution in [-0.2, 0) is 6.18 Å². The van der Waals surface area contributed by atoms with Crippen LogP contribution in [0.5, 0.6) is 5.75 Å². The topological polar surface area (TPSA) is 135 Å². The first-order valence-electron chi connectivity index (χ1n) is 11.3. The van der Waals surface area contributed by atoms with Gasteiger partial charge >= 0.3 is 12.8 Å². The van der Waals surface area contributed by atoms with Crippen molar-refractivity contribution in [3.05, 3.63) is 69.7 Å². The molecule has 10 nitrogen and oxygen atoms in total. The van der Waals surface area contributed by atoms with Gasteiger partial charge in [0.2, 0.25) is 0 Å². The molecule has 0 spiro atoms. The van der Waals surface area contributed by atoms with Crippen LogP contribution in [0.4, 0.5) is 22.0 Å². The highest BCUT2D eigenvalue weighted by molar-refractivity contribution is 5.80. The lowest BCUT2D eigenvalue weighted by atomic mass is 9.72. The predicted octanol–water partition coefficient (Wildman–Crippen LogP) is 4.07. The number of nitrogens with zero attached hydrogens (tertiary/aromatic N) is 7. The fourth-order valence-corrected chi connectivity index (χ4v) is 4.37. The maximum absolute atomic E-state index is 13.0. The van der Waals surface area contributed by atoms with Gasteiger partial charge in [0.15, 0.2) is 17.1 Å². The summed E-state index contributed by atoms with van der Waals surface area (Å²) in [5.74, 6) is -0.114. The Balaban J connectivity index is 1.50. The average Bonchev–Trinajstić information content (AvgIpc) is 3.22. The first kappa shape index (κ1) is 25.2. The van der Waals surface area contributed by atoms with Crippen molar-refractivity contribution in [3.8, 4) is 11.8 Å². The van der Waals surface area contributed by atoms with E-state index in [2.05, 4.69) is 34.8 Å². The van der Waals surface area contributed by atoms with Crippen LogP contribution in [0.15, 0.2) is 35.5 Å². The van der Waals surface area contributed by atoms with Crippen molar-refractivity contribution in [2.75, 3.05) is 0 Å². The number of nitrogens with one attached hydrogen (secondary N) is 1. The largest absolute Gasteiger partial charge is 0.433 e. The Morgan fingerprint density at radius 3 is 2.39 bits per heavy atom. The Labute approximate surface area is 210 Å². The zero-order chi connectivity index (χ0) is 27.2. The van der Waals surface area contributed by atoms with Gasteiger partial charge in [-0.15, -0.1) is 0 Å². The van der Waals surface area contributed by atoms with Crippen LogP contribution in [-0.4, -0.2) is 41.3 Å². The third-order valence-electron chi connectivity index (χ3n) is 6.44. The number of fused-ring (bicyclic) bond motifs is 1. The number of aromatic amines is 1. The van der Waals surface area contributed by atoms with Gasteiger partial charge in [-0.25, -0.2) is 19.6 Å². The highest BCUT2D eigenvalue weighted by Crippen LogP contribution is 2.47. The number of H-pyrrole nitrogens is 1. The van der Waals surface area contributed by atoms with Crippen LogP contribution in [0, 0.1) is 11.3 Å². The van der Waals surface area contributed by atoms with Gasteiger partial charge in [0.25, 0.3) is 5.56 Å². The zero-order valence-electron chi connectivity index (χ0n) is 19.4. The summed E-state index contributed by atoms with van der Waals surface area (Å²) >= 11 is 0. The summed E-state index contributed by atoms with van der Waals surface area (Å²) in [6, 6.07) is 3.23. The molecule has 0 bridgehead atoms. The minimum absolute atomic E-state index is 0.0522. The number of ether oxygens (including phenoxy) is 1. The number of aromatic nitrogens is 7. The molecule has 38 heavy (non-hydrogen) atoms. The molecule has 5 rings (SSSR count). The lowest BCUT2D eigenvalue weighted by molar-refractivity contribution is -0.141. The van der Waals surface area contributed by atoms with Gasteiger partial charge in [0.1, 0.15) is 28.8 Å². The van der Waals surface area contributed by atoms with Crippen molar-refractivity contribution in [1.82, 2.24) is 34.7 Å². The Kier molecular flexibility index (Phi) is 6.25. The second kappa shape index (κ2) is 9.43. The molecule has 15 heteroatoms. The molecule has 1 saturated carbocycles. The van der Waals surface area contributed by atoms with Gasteiger partial charge in [-0.3, -0.25) is 9.78 Å². The normalized spacial score (nSPS) is 18.3. The number of hydrogen-bond donors (Lipinski definition) is 1. The number of hydrogen-bond acceptors (Lipinski definition) is 8. The maximum Gasteiger partial charge on any atom is 0.433 e. The molecule has 1 aliphatic carbocycles. The SMILES string of the molecule is CC(c1ccc(C(F)(F)F)nc1)n1nc(C#N)c2c(=O)[nH]c(C3CCC3c3ncc(OC(F)F)cn3)nc21. The molecular weight excluding hydrogens is 515 g/mol. The summed E-state index contributed by atoms with van der Waals surface area (Å²) in [6.45, 7) is -1.38. The van der Waals surface area contributed by atoms with E-state index in [9.17, 15) is 32.0 Å². The maximum atomic E-state index is 13.0. The fraction of sp³-hybridized carbons (Fsp3) is 0.348. The minimum Gasteiger partial charge on any atom is -0.432 e. The number of alkyl halides is 5. The molecule has 1 N–H and O–H groups in total. The molecule has 3 atom stereocenters. The summed E-state index contributed by atoms with van der Waals surface area (Å²) in [6.07, 6.45) is 0.000771.